The number of hydrogen-bond donors (Lipinski definition) is 3. The number of rotatable bonds is 8. The molecule has 210 valence electrons. The highest BCUT2D eigenvalue weighted by Crippen LogP contribution is 2.47. The summed E-state index contributed by atoms with van der Waals surface area (Å²) in [6, 6.07) is 18.4. The standard InChI is InChI=1S/C35H38N4O2/c1-23-11-8-14-26(25-12-4-3-5-13-25)32(23)27-15-9-16-30-33(27)29(35(41)38-30)22-31-28(21-24(2)37-31)34(40)36-17-10-20-39-18-6-7-19-39/h3-5,8-9,11-16,21-23,32,37H,6-7,10,17-20H2,1-2H3,(H,36,40)(H,38,41)/b29-22-. The number of H-pyrrole nitrogens is 1. The number of anilines is 1. The summed E-state index contributed by atoms with van der Waals surface area (Å²) in [6.45, 7) is 8.12. The number of nitrogens with one attached hydrogen (secondary N) is 3. The summed E-state index contributed by atoms with van der Waals surface area (Å²) in [7, 11) is 0. The fourth-order valence-electron chi connectivity index (χ4n) is 6.53. The van der Waals surface area contributed by atoms with Crippen LogP contribution in [-0.4, -0.2) is 47.9 Å². The minimum absolute atomic E-state index is 0.0807. The zero-order chi connectivity index (χ0) is 28.3. The van der Waals surface area contributed by atoms with Crippen LogP contribution in [-0.2, 0) is 4.79 Å². The van der Waals surface area contributed by atoms with Gasteiger partial charge in [0.15, 0.2) is 0 Å². The average Bonchev–Trinajstić information content (AvgIpc) is 3.71. The van der Waals surface area contributed by atoms with E-state index in [2.05, 4.69) is 76.0 Å². The summed E-state index contributed by atoms with van der Waals surface area (Å²) in [5.41, 5.74) is 7.92. The highest BCUT2D eigenvalue weighted by molar-refractivity contribution is 6.35. The van der Waals surface area contributed by atoms with Crippen molar-refractivity contribution in [1.82, 2.24) is 15.2 Å². The van der Waals surface area contributed by atoms with Crippen LogP contribution in [0.2, 0.25) is 0 Å². The molecule has 0 bridgehead atoms. The lowest BCUT2D eigenvalue weighted by Gasteiger charge is -2.29. The summed E-state index contributed by atoms with van der Waals surface area (Å²) >= 11 is 0. The molecule has 41 heavy (non-hydrogen) atoms. The Morgan fingerprint density at radius 3 is 2.71 bits per heavy atom. The van der Waals surface area contributed by atoms with Gasteiger partial charge in [-0.1, -0.05) is 67.6 Å². The molecule has 2 aromatic carbocycles. The van der Waals surface area contributed by atoms with Crippen molar-refractivity contribution in [2.45, 2.75) is 39.0 Å². The molecule has 1 saturated heterocycles. The molecule has 1 fully saturated rings. The number of hydrogen-bond acceptors (Lipinski definition) is 3. The molecular formula is C35H38N4O2. The topological polar surface area (TPSA) is 77.2 Å². The summed E-state index contributed by atoms with van der Waals surface area (Å²) < 4.78 is 0. The number of benzene rings is 2. The van der Waals surface area contributed by atoms with Crippen LogP contribution in [0, 0.1) is 12.8 Å². The highest BCUT2D eigenvalue weighted by Gasteiger charge is 2.34. The zero-order valence-corrected chi connectivity index (χ0v) is 23.9. The maximum absolute atomic E-state index is 13.4. The van der Waals surface area contributed by atoms with Gasteiger partial charge in [0.05, 0.1) is 16.8 Å². The van der Waals surface area contributed by atoms with Crippen LogP contribution in [0.25, 0.3) is 17.2 Å². The smallest absolute Gasteiger partial charge is 0.256 e. The predicted octanol–water partition coefficient (Wildman–Crippen LogP) is 6.40. The van der Waals surface area contributed by atoms with Crippen molar-refractivity contribution in [3.63, 3.8) is 0 Å². The minimum atomic E-state index is -0.152. The predicted molar refractivity (Wildman–Crippen MR) is 167 cm³/mol. The lowest BCUT2D eigenvalue weighted by atomic mass is 9.74. The maximum atomic E-state index is 13.4. The number of aryl methyl sites for hydroxylation is 1. The van der Waals surface area contributed by atoms with E-state index >= 15 is 0 Å². The number of likely N-dealkylation sites (tertiary alicyclic amines) is 1. The Morgan fingerprint density at radius 1 is 1.10 bits per heavy atom. The third-order valence-electron chi connectivity index (χ3n) is 8.50. The largest absolute Gasteiger partial charge is 0.358 e. The summed E-state index contributed by atoms with van der Waals surface area (Å²) in [5.74, 6) is 0.0567. The van der Waals surface area contributed by atoms with E-state index in [0.717, 1.165) is 48.6 Å². The molecule has 1 aromatic heterocycles. The molecule has 2 aliphatic heterocycles. The van der Waals surface area contributed by atoms with E-state index < -0.39 is 0 Å². The highest BCUT2D eigenvalue weighted by atomic mass is 16.2. The fourth-order valence-corrected chi connectivity index (χ4v) is 6.53. The molecule has 0 radical (unpaired) electrons. The SMILES string of the molecule is Cc1cc(C(=O)NCCCN2CCCC2)c(/C=C2\C(=O)Nc3cccc(C4C(c5ccccc5)=CC=CC4C)c32)[nH]1. The number of carbonyl (C=O) groups excluding carboxylic acids is 2. The van der Waals surface area contributed by atoms with E-state index in [0.29, 0.717) is 23.4 Å². The van der Waals surface area contributed by atoms with Crippen LogP contribution < -0.4 is 10.6 Å². The van der Waals surface area contributed by atoms with Crippen LogP contribution in [0.5, 0.6) is 0 Å². The minimum Gasteiger partial charge on any atom is -0.358 e. The van der Waals surface area contributed by atoms with Gasteiger partial charge in [-0.25, -0.2) is 0 Å². The maximum Gasteiger partial charge on any atom is 0.256 e. The lowest BCUT2D eigenvalue weighted by molar-refractivity contribution is -0.110. The van der Waals surface area contributed by atoms with Crippen molar-refractivity contribution in [3.8, 4) is 0 Å². The van der Waals surface area contributed by atoms with Gasteiger partial charge in [-0.05, 0) is 86.6 Å². The molecule has 6 heteroatoms. The monoisotopic (exact) mass is 546 g/mol. The van der Waals surface area contributed by atoms with E-state index in [1.807, 2.05) is 37.3 Å². The molecule has 0 saturated carbocycles. The van der Waals surface area contributed by atoms with Crippen molar-refractivity contribution in [2.75, 3.05) is 31.5 Å². The molecule has 3 aliphatic rings. The number of allylic oxidation sites excluding steroid dienone is 4. The van der Waals surface area contributed by atoms with Crippen molar-refractivity contribution in [3.05, 3.63) is 106 Å². The van der Waals surface area contributed by atoms with Gasteiger partial charge in [0.2, 0.25) is 0 Å². The molecule has 2 atom stereocenters. The molecule has 1 aliphatic carbocycles. The zero-order valence-electron chi connectivity index (χ0n) is 23.9. The number of aromatic nitrogens is 1. The summed E-state index contributed by atoms with van der Waals surface area (Å²) in [6.07, 6.45) is 11.9. The van der Waals surface area contributed by atoms with E-state index in [9.17, 15) is 9.59 Å². The first-order valence-corrected chi connectivity index (χ1v) is 14.8. The van der Waals surface area contributed by atoms with Gasteiger partial charge in [-0.3, -0.25) is 9.59 Å². The summed E-state index contributed by atoms with van der Waals surface area (Å²) in [4.78, 5) is 32.4. The van der Waals surface area contributed by atoms with Crippen molar-refractivity contribution in [2.24, 2.45) is 5.92 Å². The normalized spacial score (nSPS) is 21.2. The number of fused-ring (bicyclic) bond motifs is 1. The molecule has 6 rings (SSSR count). The molecule has 0 spiro atoms. The second-order valence-corrected chi connectivity index (χ2v) is 11.4. The quantitative estimate of drug-likeness (QED) is 0.226. The van der Waals surface area contributed by atoms with Crippen LogP contribution in [0.1, 0.15) is 70.5 Å². The van der Waals surface area contributed by atoms with Crippen LogP contribution in [0.15, 0.2) is 72.8 Å². The van der Waals surface area contributed by atoms with E-state index in [1.54, 1.807) is 0 Å². The van der Waals surface area contributed by atoms with Crippen LogP contribution in [0.3, 0.4) is 0 Å². The van der Waals surface area contributed by atoms with Gasteiger partial charge in [-0.15, -0.1) is 0 Å². The first-order valence-electron chi connectivity index (χ1n) is 14.8. The average molecular weight is 547 g/mol. The molecule has 2 amide bonds. The van der Waals surface area contributed by atoms with Crippen molar-refractivity contribution < 1.29 is 9.59 Å². The van der Waals surface area contributed by atoms with Crippen LogP contribution in [0.4, 0.5) is 5.69 Å². The molecular weight excluding hydrogens is 508 g/mol. The second kappa shape index (κ2) is 11.8. The van der Waals surface area contributed by atoms with E-state index in [4.69, 9.17) is 0 Å². The third kappa shape index (κ3) is 5.57. The first kappa shape index (κ1) is 27.0. The first-order chi connectivity index (χ1) is 20.0. The Bertz CT molecular complexity index is 1540. The van der Waals surface area contributed by atoms with Gasteiger partial charge in [0, 0.05) is 29.4 Å². The van der Waals surface area contributed by atoms with Crippen molar-refractivity contribution >= 4 is 34.7 Å². The Morgan fingerprint density at radius 2 is 1.90 bits per heavy atom. The number of aromatic amines is 1. The molecule has 3 heterocycles. The molecule has 6 nitrogen and oxygen atoms in total. The van der Waals surface area contributed by atoms with Gasteiger partial charge in [0.25, 0.3) is 11.8 Å². The number of carbonyl (C=O) groups is 2. The van der Waals surface area contributed by atoms with Gasteiger partial charge < -0.3 is 20.5 Å². The Balaban J connectivity index is 1.31. The van der Waals surface area contributed by atoms with Gasteiger partial charge in [-0.2, -0.15) is 0 Å². The van der Waals surface area contributed by atoms with Gasteiger partial charge >= 0.3 is 0 Å². The van der Waals surface area contributed by atoms with Gasteiger partial charge in [0.1, 0.15) is 0 Å². The molecule has 3 aromatic rings. The number of nitrogens with zero attached hydrogens (tertiary/aromatic N) is 1. The van der Waals surface area contributed by atoms with E-state index in [1.165, 1.54) is 24.0 Å². The second-order valence-electron chi connectivity index (χ2n) is 11.4. The fraction of sp³-hybridized carbons (Fsp3) is 0.314. The third-order valence-corrected chi connectivity index (χ3v) is 8.50. The molecule has 3 N–H and O–H groups in total. The lowest BCUT2D eigenvalue weighted by Crippen LogP contribution is -2.28. The van der Waals surface area contributed by atoms with Crippen molar-refractivity contribution in [1.29, 1.82) is 0 Å². The Hall–Kier alpha value is -4.16. The Labute approximate surface area is 242 Å². The van der Waals surface area contributed by atoms with Crippen LogP contribution >= 0.6 is 0 Å². The van der Waals surface area contributed by atoms with E-state index in [-0.39, 0.29) is 23.7 Å². The Kier molecular flexibility index (Phi) is 7.75. The number of amides is 2. The summed E-state index contributed by atoms with van der Waals surface area (Å²) in [5, 5.41) is 6.17. The molecule has 2 unspecified atom stereocenters.